The molecule has 7 heteroatoms. The largest absolute Gasteiger partial charge is 0.489 e. The summed E-state index contributed by atoms with van der Waals surface area (Å²) in [4.78, 5) is 26.0. The van der Waals surface area contributed by atoms with Gasteiger partial charge in [0.05, 0.1) is 5.02 Å². The fourth-order valence-electron chi connectivity index (χ4n) is 3.57. The molecule has 0 aliphatic carbocycles. The van der Waals surface area contributed by atoms with Crippen LogP contribution < -0.4 is 15.4 Å². The molecule has 3 rings (SSSR count). The lowest BCUT2D eigenvalue weighted by Crippen LogP contribution is -2.49. The minimum atomic E-state index is -0.411. The lowest BCUT2D eigenvalue weighted by atomic mass is 10.0. The van der Waals surface area contributed by atoms with Gasteiger partial charge in [-0.15, -0.1) is 0 Å². The van der Waals surface area contributed by atoms with Gasteiger partial charge in [0.1, 0.15) is 17.9 Å². The second-order valence-electron chi connectivity index (χ2n) is 6.93. The number of ether oxygens (including phenoxy) is 1. The van der Waals surface area contributed by atoms with E-state index in [4.69, 9.17) is 16.3 Å². The van der Waals surface area contributed by atoms with Crippen molar-refractivity contribution in [2.24, 2.45) is 0 Å². The Morgan fingerprint density at radius 3 is 2.69 bits per heavy atom. The van der Waals surface area contributed by atoms with Gasteiger partial charge in [0.15, 0.2) is 0 Å². The molecule has 2 saturated heterocycles. The van der Waals surface area contributed by atoms with E-state index in [0.717, 1.165) is 38.8 Å². The van der Waals surface area contributed by atoms with Crippen molar-refractivity contribution >= 4 is 29.1 Å². The summed E-state index contributed by atoms with van der Waals surface area (Å²) in [6.07, 6.45) is 4.66. The molecule has 0 bridgehead atoms. The van der Waals surface area contributed by atoms with Gasteiger partial charge in [-0.2, -0.15) is 0 Å². The maximum Gasteiger partial charge on any atom is 0.247 e. The van der Waals surface area contributed by atoms with Crippen LogP contribution in [-0.4, -0.2) is 48.5 Å². The smallest absolute Gasteiger partial charge is 0.247 e. The minimum Gasteiger partial charge on any atom is -0.489 e. The molecule has 2 fully saturated rings. The zero-order chi connectivity index (χ0) is 18.5. The molecule has 26 heavy (non-hydrogen) atoms. The second-order valence-corrected chi connectivity index (χ2v) is 7.33. The predicted molar refractivity (Wildman–Crippen MR) is 102 cm³/mol. The fraction of sp³-hybridized carbons (Fsp3) is 0.579. The molecule has 1 aromatic carbocycles. The van der Waals surface area contributed by atoms with E-state index >= 15 is 0 Å². The molecule has 2 amide bonds. The van der Waals surface area contributed by atoms with Crippen LogP contribution in [0.1, 0.15) is 39.0 Å². The summed E-state index contributed by atoms with van der Waals surface area (Å²) in [7, 11) is 0. The highest BCUT2D eigenvalue weighted by atomic mass is 35.5. The Morgan fingerprint density at radius 2 is 2.00 bits per heavy atom. The van der Waals surface area contributed by atoms with Gasteiger partial charge >= 0.3 is 0 Å². The van der Waals surface area contributed by atoms with Crippen molar-refractivity contribution < 1.29 is 14.3 Å². The highest BCUT2D eigenvalue weighted by Gasteiger charge is 2.30. The normalized spacial score (nSPS) is 21.3. The Balaban J connectivity index is 1.63. The Labute approximate surface area is 159 Å². The first kappa shape index (κ1) is 19.0. The van der Waals surface area contributed by atoms with Crippen molar-refractivity contribution in [3.8, 4) is 5.75 Å². The van der Waals surface area contributed by atoms with Crippen molar-refractivity contribution in [2.75, 3.05) is 25.0 Å². The number of anilines is 1. The van der Waals surface area contributed by atoms with Crippen LogP contribution >= 0.6 is 11.6 Å². The number of halogens is 1. The molecule has 1 unspecified atom stereocenters. The molecule has 0 saturated carbocycles. The van der Waals surface area contributed by atoms with E-state index in [0.29, 0.717) is 29.4 Å². The summed E-state index contributed by atoms with van der Waals surface area (Å²) in [6, 6.07) is 4.88. The number of benzene rings is 1. The molecule has 6 nitrogen and oxygen atoms in total. The quantitative estimate of drug-likeness (QED) is 0.843. The number of amides is 2. The molecule has 1 aromatic rings. The van der Waals surface area contributed by atoms with Crippen molar-refractivity contribution in [1.82, 2.24) is 10.2 Å². The molecule has 0 spiro atoms. The van der Waals surface area contributed by atoms with E-state index in [2.05, 4.69) is 10.6 Å². The Bertz CT molecular complexity index is 661. The van der Waals surface area contributed by atoms with Gasteiger partial charge in [-0.25, -0.2) is 0 Å². The molecule has 0 aromatic heterocycles. The molecule has 2 aliphatic heterocycles. The number of nitrogens with zero attached hydrogens (tertiary/aromatic N) is 1. The van der Waals surface area contributed by atoms with Crippen LogP contribution in [0.5, 0.6) is 5.75 Å². The number of likely N-dealkylation sites (tertiary alicyclic amines) is 1. The van der Waals surface area contributed by atoms with Gasteiger partial charge in [-0.05, 0) is 63.4 Å². The molecule has 2 aliphatic rings. The first-order valence-electron chi connectivity index (χ1n) is 9.29. The number of piperidine rings is 2. The monoisotopic (exact) mass is 379 g/mol. The molecular weight excluding hydrogens is 354 g/mol. The van der Waals surface area contributed by atoms with E-state index in [1.807, 2.05) is 0 Å². The zero-order valence-electron chi connectivity index (χ0n) is 15.1. The van der Waals surface area contributed by atoms with Crippen LogP contribution in [0.25, 0.3) is 0 Å². The second kappa shape index (κ2) is 8.73. The molecule has 142 valence electrons. The summed E-state index contributed by atoms with van der Waals surface area (Å²) in [5.74, 6) is 0.413. The van der Waals surface area contributed by atoms with E-state index in [1.165, 1.54) is 6.92 Å². The maximum absolute atomic E-state index is 12.6. The highest BCUT2D eigenvalue weighted by molar-refractivity contribution is 6.32. The maximum atomic E-state index is 12.6. The number of rotatable bonds is 4. The van der Waals surface area contributed by atoms with Gasteiger partial charge in [0, 0.05) is 19.2 Å². The van der Waals surface area contributed by atoms with Crippen LogP contribution in [0, 0.1) is 0 Å². The minimum absolute atomic E-state index is 0.0615. The molecule has 2 N–H and O–H groups in total. The van der Waals surface area contributed by atoms with Crippen LogP contribution in [0.2, 0.25) is 5.02 Å². The van der Waals surface area contributed by atoms with Crippen molar-refractivity contribution in [1.29, 1.82) is 0 Å². The predicted octanol–water partition coefficient (Wildman–Crippen LogP) is 2.81. The van der Waals surface area contributed by atoms with E-state index in [9.17, 15) is 9.59 Å². The standard InChI is InChI=1S/C19H26ClN3O3/c1-13(24)23-11-3-2-4-17(23)19(25)22-14-5-6-18(16(20)12-14)26-15-7-9-21-10-8-15/h5-6,12,15,17,21H,2-4,7-11H2,1H3,(H,22,25). The van der Waals surface area contributed by atoms with Crippen LogP contribution in [0.4, 0.5) is 5.69 Å². The number of carbonyl (C=O) groups excluding carboxylic acids is 2. The number of hydrogen-bond acceptors (Lipinski definition) is 4. The van der Waals surface area contributed by atoms with Gasteiger partial charge < -0.3 is 20.3 Å². The Kier molecular flexibility index (Phi) is 6.38. The van der Waals surface area contributed by atoms with Crippen LogP contribution in [0.3, 0.4) is 0 Å². The molecule has 0 radical (unpaired) electrons. The third-order valence-electron chi connectivity index (χ3n) is 4.99. The topological polar surface area (TPSA) is 70.7 Å². The highest BCUT2D eigenvalue weighted by Crippen LogP contribution is 2.30. The van der Waals surface area contributed by atoms with Crippen LogP contribution in [-0.2, 0) is 9.59 Å². The SMILES string of the molecule is CC(=O)N1CCCCC1C(=O)Nc1ccc(OC2CCNCC2)c(Cl)c1. The van der Waals surface area contributed by atoms with E-state index in [1.54, 1.807) is 23.1 Å². The van der Waals surface area contributed by atoms with Gasteiger partial charge in [-0.1, -0.05) is 11.6 Å². The van der Waals surface area contributed by atoms with Crippen molar-refractivity contribution in [2.45, 2.75) is 51.2 Å². The summed E-state index contributed by atoms with van der Waals surface area (Å²) in [5, 5.41) is 6.67. The van der Waals surface area contributed by atoms with Crippen molar-refractivity contribution in [3.05, 3.63) is 23.2 Å². The van der Waals surface area contributed by atoms with Gasteiger partial charge in [-0.3, -0.25) is 9.59 Å². The molecular formula is C19H26ClN3O3. The Hall–Kier alpha value is -1.79. The first-order valence-corrected chi connectivity index (χ1v) is 9.67. The summed E-state index contributed by atoms with van der Waals surface area (Å²) >= 11 is 6.34. The summed E-state index contributed by atoms with van der Waals surface area (Å²) in [6.45, 7) is 4.04. The van der Waals surface area contributed by atoms with E-state index in [-0.39, 0.29) is 17.9 Å². The average molecular weight is 380 g/mol. The van der Waals surface area contributed by atoms with Gasteiger partial charge in [0.25, 0.3) is 0 Å². The third-order valence-corrected chi connectivity index (χ3v) is 5.28. The van der Waals surface area contributed by atoms with Gasteiger partial charge in [0.2, 0.25) is 11.8 Å². The Morgan fingerprint density at radius 1 is 1.23 bits per heavy atom. The number of hydrogen-bond donors (Lipinski definition) is 2. The number of nitrogens with one attached hydrogen (secondary N) is 2. The lowest BCUT2D eigenvalue weighted by molar-refractivity contribution is -0.138. The van der Waals surface area contributed by atoms with Crippen LogP contribution in [0.15, 0.2) is 18.2 Å². The third kappa shape index (κ3) is 4.68. The van der Waals surface area contributed by atoms with Crippen molar-refractivity contribution in [3.63, 3.8) is 0 Å². The lowest BCUT2D eigenvalue weighted by Gasteiger charge is -2.33. The zero-order valence-corrected chi connectivity index (χ0v) is 15.8. The average Bonchev–Trinajstić information content (AvgIpc) is 2.65. The summed E-state index contributed by atoms with van der Waals surface area (Å²) < 4.78 is 5.97. The fourth-order valence-corrected chi connectivity index (χ4v) is 3.80. The first-order chi connectivity index (χ1) is 12.5. The summed E-state index contributed by atoms with van der Waals surface area (Å²) in [5.41, 5.74) is 0.617. The molecule has 1 atom stereocenters. The molecule has 2 heterocycles. The number of carbonyl (C=O) groups is 2. The van der Waals surface area contributed by atoms with E-state index < -0.39 is 6.04 Å².